The van der Waals surface area contributed by atoms with Gasteiger partial charge in [-0.25, -0.2) is 4.39 Å². The van der Waals surface area contributed by atoms with Crippen LogP contribution in [0.15, 0.2) is 10.5 Å². The van der Waals surface area contributed by atoms with Gasteiger partial charge < -0.3 is 9.31 Å². The predicted octanol–water partition coefficient (Wildman–Crippen LogP) is 4.70. The van der Waals surface area contributed by atoms with Gasteiger partial charge in [-0.2, -0.15) is 0 Å². The average molecular weight is 582 g/mol. The minimum Gasteiger partial charge on any atom is -0.399 e. The molecule has 0 bridgehead atoms. The molecule has 0 aromatic heterocycles. The standard InChI is InChI=1S/C13H16BBrFI2NO2/c1-7-8(6-9(16)11(10(7)15)19(17)18)14-20-12(2,3)13(4,5)21-14/h6H,1-5H3. The molecule has 1 heterocycles. The highest BCUT2D eigenvalue weighted by Crippen LogP contribution is 2.39. The third-order valence-corrected chi connectivity index (χ3v) is 6.09. The highest BCUT2D eigenvalue weighted by molar-refractivity contribution is 14.2. The highest BCUT2D eigenvalue weighted by atomic mass is 127. The van der Waals surface area contributed by atoms with Gasteiger partial charge in [0.25, 0.3) is 0 Å². The van der Waals surface area contributed by atoms with Gasteiger partial charge in [-0.05, 0) is 67.6 Å². The van der Waals surface area contributed by atoms with Gasteiger partial charge in [0, 0.05) is 4.47 Å². The van der Waals surface area contributed by atoms with Crippen molar-refractivity contribution in [1.29, 1.82) is 0 Å². The van der Waals surface area contributed by atoms with E-state index in [9.17, 15) is 4.39 Å². The van der Waals surface area contributed by atoms with Crippen LogP contribution in [-0.4, -0.2) is 18.3 Å². The predicted molar refractivity (Wildman–Crippen MR) is 105 cm³/mol. The summed E-state index contributed by atoms with van der Waals surface area (Å²) in [5.41, 5.74) is 1.27. The number of hydrogen-bond donors (Lipinski definition) is 0. The van der Waals surface area contributed by atoms with Crippen molar-refractivity contribution in [3.8, 4) is 0 Å². The molecule has 8 heteroatoms. The van der Waals surface area contributed by atoms with E-state index in [1.54, 1.807) is 1.33 Å². The van der Waals surface area contributed by atoms with Crippen LogP contribution >= 0.6 is 61.7 Å². The Bertz CT molecular complexity index is 568. The molecule has 1 saturated heterocycles. The zero-order valence-electron chi connectivity index (χ0n) is 12.4. The first kappa shape index (κ1) is 18.2. The number of anilines is 1. The summed E-state index contributed by atoms with van der Waals surface area (Å²) in [5, 5.41) is 0. The fraction of sp³-hybridized carbons (Fsp3) is 0.538. The van der Waals surface area contributed by atoms with Crippen molar-refractivity contribution in [2.75, 3.05) is 1.33 Å². The first-order valence-electron chi connectivity index (χ1n) is 6.44. The van der Waals surface area contributed by atoms with Gasteiger partial charge in [-0.1, -0.05) is 0 Å². The minimum absolute atomic E-state index is 0.305. The Balaban J connectivity index is 2.48. The number of benzene rings is 1. The van der Waals surface area contributed by atoms with Crippen LogP contribution in [0.5, 0.6) is 0 Å². The second-order valence-electron chi connectivity index (χ2n) is 6.06. The van der Waals surface area contributed by atoms with Crippen LogP contribution < -0.4 is 6.79 Å². The highest BCUT2D eigenvalue weighted by Gasteiger charge is 2.52. The Morgan fingerprint density at radius 1 is 1.19 bits per heavy atom. The van der Waals surface area contributed by atoms with E-state index in [0.717, 1.165) is 15.5 Å². The Morgan fingerprint density at radius 3 is 2.10 bits per heavy atom. The largest absolute Gasteiger partial charge is 0.495 e. The Morgan fingerprint density at radius 2 is 1.67 bits per heavy atom. The molecule has 1 aromatic carbocycles. The zero-order valence-corrected chi connectivity index (χ0v) is 18.3. The van der Waals surface area contributed by atoms with Crippen LogP contribution in [0, 0.1) is 12.7 Å². The monoisotopic (exact) mass is 581 g/mol. The van der Waals surface area contributed by atoms with Gasteiger partial charge in [-0.15, -0.1) is 0 Å². The molecule has 0 radical (unpaired) electrons. The molecule has 0 atom stereocenters. The van der Waals surface area contributed by atoms with Crippen LogP contribution in [0.3, 0.4) is 0 Å². The third kappa shape index (κ3) is 3.24. The van der Waals surface area contributed by atoms with Gasteiger partial charge in [0.15, 0.2) is 0 Å². The lowest BCUT2D eigenvalue weighted by atomic mass is 9.76. The molecular formula is C13H16BBrFI2NO2. The summed E-state index contributed by atoms with van der Waals surface area (Å²) in [4.78, 5) is 0. The molecule has 2 rings (SSSR count). The number of hydrogen-bond acceptors (Lipinski definition) is 3. The first-order chi connectivity index (χ1) is 9.48. The lowest BCUT2D eigenvalue weighted by molar-refractivity contribution is 0.00578. The quantitative estimate of drug-likeness (QED) is 0.287. The van der Waals surface area contributed by atoms with E-state index in [0.29, 0.717) is 5.69 Å². The SMILES string of the molecule is Cc1c(B2OC(C)(C)C(C)(C)O2)cc(F)c(N(I)I)c1Br. The van der Waals surface area contributed by atoms with Crippen molar-refractivity contribution in [3.05, 3.63) is 21.9 Å². The van der Waals surface area contributed by atoms with E-state index in [4.69, 9.17) is 9.31 Å². The fourth-order valence-electron chi connectivity index (χ4n) is 2.09. The van der Waals surface area contributed by atoms with E-state index in [1.165, 1.54) is 6.07 Å². The summed E-state index contributed by atoms with van der Waals surface area (Å²) in [5.74, 6) is -0.305. The molecular weight excluding hydrogens is 566 g/mol. The van der Waals surface area contributed by atoms with E-state index in [1.807, 2.05) is 80.3 Å². The van der Waals surface area contributed by atoms with Crippen LogP contribution in [0.1, 0.15) is 33.3 Å². The Kier molecular flexibility index (Phi) is 5.26. The molecule has 1 aliphatic heterocycles. The normalized spacial score (nSPS) is 20.0. The van der Waals surface area contributed by atoms with Gasteiger partial charge in [0.05, 0.1) is 56.9 Å². The van der Waals surface area contributed by atoms with Crippen LogP contribution in [0.4, 0.5) is 10.1 Å². The maximum absolute atomic E-state index is 14.4. The van der Waals surface area contributed by atoms with E-state index >= 15 is 0 Å². The molecule has 116 valence electrons. The maximum atomic E-state index is 14.4. The molecule has 0 N–H and O–H groups in total. The number of nitrogens with zero attached hydrogens (tertiary/aromatic N) is 1. The van der Waals surface area contributed by atoms with Crippen LogP contribution in [0.2, 0.25) is 0 Å². The van der Waals surface area contributed by atoms with Crippen molar-refractivity contribution in [2.45, 2.75) is 45.8 Å². The van der Waals surface area contributed by atoms with Gasteiger partial charge in [-0.3, -0.25) is 1.33 Å². The molecule has 0 spiro atoms. The minimum atomic E-state index is -0.563. The van der Waals surface area contributed by atoms with Gasteiger partial charge in [0.2, 0.25) is 0 Å². The molecule has 21 heavy (non-hydrogen) atoms. The molecule has 0 unspecified atom stereocenters. The van der Waals surface area contributed by atoms with E-state index < -0.39 is 18.3 Å². The molecule has 1 fully saturated rings. The summed E-state index contributed by atoms with van der Waals surface area (Å²) < 4.78 is 28.8. The maximum Gasteiger partial charge on any atom is 0.495 e. The van der Waals surface area contributed by atoms with Crippen molar-refractivity contribution in [1.82, 2.24) is 0 Å². The van der Waals surface area contributed by atoms with Crippen molar-refractivity contribution in [3.63, 3.8) is 0 Å². The molecule has 0 amide bonds. The summed E-state index contributed by atoms with van der Waals surface area (Å²) in [6, 6.07) is 1.50. The Hall–Kier alpha value is 0.875. The summed E-state index contributed by atoms with van der Waals surface area (Å²) >= 11 is 7.55. The molecule has 0 saturated carbocycles. The second-order valence-corrected chi connectivity index (χ2v) is 10.6. The topological polar surface area (TPSA) is 21.7 Å². The second kappa shape index (κ2) is 6.06. The molecule has 0 aliphatic carbocycles. The van der Waals surface area contributed by atoms with Gasteiger partial charge >= 0.3 is 7.12 Å². The number of halogens is 4. The summed E-state index contributed by atoms with van der Waals surface area (Å²) in [6.07, 6.45) is 0. The van der Waals surface area contributed by atoms with Crippen molar-refractivity contribution in [2.24, 2.45) is 0 Å². The first-order valence-corrected chi connectivity index (χ1v) is 9.16. The number of rotatable bonds is 2. The van der Waals surface area contributed by atoms with Crippen LogP contribution in [0.25, 0.3) is 0 Å². The summed E-state index contributed by atoms with van der Waals surface area (Å²) in [6.45, 7) is 9.88. The third-order valence-electron chi connectivity index (χ3n) is 4.15. The smallest absolute Gasteiger partial charge is 0.399 e. The molecule has 3 nitrogen and oxygen atoms in total. The summed E-state index contributed by atoms with van der Waals surface area (Å²) in [7, 11) is -0.563. The molecule has 1 aromatic rings. The zero-order chi connectivity index (χ0) is 16.2. The van der Waals surface area contributed by atoms with E-state index in [-0.39, 0.29) is 5.82 Å². The van der Waals surface area contributed by atoms with E-state index in [2.05, 4.69) is 15.9 Å². The fourth-order valence-corrected chi connectivity index (χ4v) is 4.29. The lowest BCUT2D eigenvalue weighted by Crippen LogP contribution is -2.41. The Labute approximate surface area is 161 Å². The average Bonchev–Trinajstić information content (AvgIpc) is 2.52. The van der Waals surface area contributed by atoms with Gasteiger partial charge in [0.1, 0.15) is 11.5 Å². The van der Waals surface area contributed by atoms with Crippen molar-refractivity contribution >= 4 is 79.9 Å². The lowest BCUT2D eigenvalue weighted by Gasteiger charge is -2.32. The molecule has 1 aliphatic rings. The van der Waals surface area contributed by atoms with Crippen molar-refractivity contribution < 1.29 is 13.7 Å². The van der Waals surface area contributed by atoms with Crippen LogP contribution in [-0.2, 0) is 9.31 Å².